The third-order valence-corrected chi connectivity index (χ3v) is 4.45. The molecule has 9 heteroatoms. The molecule has 0 saturated heterocycles. The fourth-order valence-electron chi connectivity index (χ4n) is 2.64. The topological polar surface area (TPSA) is 81.9 Å². The van der Waals surface area contributed by atoms with Gasteiger partial charge in [0.25, 0.3) is 0 Å². The van der Waals surface area contributed by atoms with Crippen molar-refractivity contribution in [3.05, 3.63) is 53.2 Å². The summed E-state index contributed by atoms with van der Waals surface area (Å²) in [5.41, 5.74) is 1.36. The number of nitrogens with one attached hydrogen (secondary N) is 1. The van der Waals surface area contributed by atoms with E-state index in [9.17, 15) is 9.18 Å². The van der Waals surface area contributed by atoms with E-state index in [1.165, 1.54) is 25.4 Å². The summed E-state index contributed by atoms with van der Waals surface area (Å²) in [7, 11) is 1.19. The molecular formula is C18H15ClFN5O2. The maximum atomic E-state index is 14.2. The Morgan fingerprint density at radius 2 is 2.19 bits per heavy atom. The average Bonchev–Trinajstić information content (AvgIpc) is 3.42. The lowest BCUT2D eigenvalue weighted by atomic mass is 10.1. The van der Waals surface area contributed by atoms with Gasteiger partial charge in [-0.25, -0.2) is 19.2 Å². The lowest BCUT2D eigenvalue weighted by Gasteiger charge is -2.08. The predicted molar refractivity (Wildman–Crippen MR) is 97.6 cm³/mol. The van der Waals surface area contributed by atoms with Crippen LogP contribution >= 0.6 is 11.6 Å². The molecule has 7 nitrogen and oxygen atoms in total. The number of esters is 1. The quantitative estimate of drug-likeness (QED) is 0.666. The zero-order valence-corrected chi connectivity index (χ0v) is 15.1. The van der Waals surface area contributed by atoms with Crippen LogP contribution in [0.5, 0.6) is 0 Å². The summed E-state index contributed by atoms with van der Waals surface area (Å²) in [6.07, 6.45) is 7.29. The number of hydrogen-bond donors (Lipinski definition) is 1. The number of benzene rings is 1. The largest absolute Gasteiger partial charge is 0.465 e. The molecule has 1 aromatic carbocycles. The van der Waals surface area contributed by atoms with Crippen LogP contribution in [-0.2, 0) is 4.74 Å². The van der Waals surface area contributed by atoms with Crippen LogP contribution in [-0.4, -0.2) is 32.8 Å². The molecule has 27 heavy (non-hydrogen) atoms. The molecule has 0 atom stereocenters. The zero-order valence-electron chi connectivity index (χ0n) is 14.3. The van der Waals surface area contributed by atoms with Crippen molar-refractivity contribution in [3.63, 3.8) is 0 Å². The normalized spacial score (nSPS) is 13.4. The first-order valence-electron chi connectivity index (χ1n) is 8.27. The number of nitrogens with zero attached hydrogens (tertiary/aromatic N) is 4. The molecule has 2 heterocycles. The molecule has 0 radical (unpaired) electrons. The van der Waals surface area contributed by atoms with Crippen molar-refractivity contribution in [2.24, 2.45) is 0 Å². The molecule has 2 aromatic heterocycles. The summed E-state index contributed by atoms with van der Waals surface area (Å²) >= 11 is 6.19. The van der Waals surface area contributed by atoms with E-state index >= 15 is 0 Å². The molecule has 3 aromatic rings. The van der Waals surface area contributed by atoms with Gasteiger partial charge in [0, 0.05) is 11.8 Å². The van der Waals surface area contributed by atoms with Gasteiger partial charge in [-0.3, -0.25) is 4.68 Å². The van der Waals surface area contributed by atoms with Crippen LogP contribution in [0.15, 0.2) is 36.8 Å². The Balaban J connectivity index is 1.61. The number of rotatable bonds is 5. The highest BCUT2D eigenvalue weighted by molar-refractivity contribution is 6.32. The molecule has 0 bridgehead atoms. The van der Waals surface area contributed by atoms with Crippen LogP contribution in [0.4, 0.5) is 16.0 Å². The van der Waals surface area contributed by atoms with E-state index < -0.39 is 11.8 Å². The Morgan fingerprint density at radius 1 is 1.37 bits per heavy atom. The first kappa shape index (κ1) is 17.4. The van der Waals surface area contributed by atoms with Crippen molar-refractivity contribution in [3.8, 4) is 11.3 Å². The van der Waals surface area contributed by atoms with Crippen LogP contribution in [0.3, 0.4) is 0 Å². The van der Waals surface area contributed by atoms with E-state index in [1.54, 1.807) is 12.3 Å². The Hall–Kier alpha value is -3.00. The first-order valence-corrected chi connectivity index (χ1v) is 8.65. The van der Waals surface area contributed by atoms with Crippen LogP contribution in [0.2, 0.25) is 5.02 Å². The second-order valence-corrected chi connectivity index (χ2v) is 6.55. The lowest BCUT2D eigenvalue weighted by Crippen LogP contribution is -2.04. The maximum Gasteiger partial charge on any atom is 0.340 e. The van der Waals surface area contributed by atoms with Crippen LogP contribution in [0.25, 0.3) is 11.3 Å². The number of anilines is 2. The fraction of sp³-hybridized carbons (Fsp3) is 0.222. The molecule has 138 valence electrons. The summed E-state index contributed by atoms with van der Waals surface area (Å²) in [5, 5.41) is 7.63. The highest BCUT2D eigenvalue weighted by Crippen LogP contribution is 2.35. The molecule has 0 unspecified atom stereocenters. The van der Waals surface area contributed by atoms with Crippen molar-refractivity contribution >= 4 is 29.2 Å². The second kappa shape index (κ2) is 6.96. The van der Waals surface area contributed by atoms with Gasteiger partial charge in [0.15, 0.2) is 0 Å². The molecular weight excluding hydrogens is 373 g/mol. The minimum atomic E-state index is -0.747. The molecule has 1 aliphatic rings. The Kier molecular flexibility index (Phi) is 4.49. The number of ether oxygens (including phenoxy) is 1. The van der Waals surface area contributed by atoms with Gasteiger partial charge < -0.3 is 10.1 Å². The molecule has 1 N–H and O–H groups in total. The maximum absolute atomic E-state index is 14.2. The number of carbonyl (C=O) groups is 1. The molecule has 1 aliphatic carbocycles. The average molecular weight is 388 g/mol. The highest BCUT2D eigenvalue weighted by atomic mass is 35.5. The van der Waals surface area contributed by atoms with Crippen LogP contribution in [0.1, 0.15) is 29.2 Å². The minimum Gasteiger partial charge on any atom is -0.465 e. The molecule has 0 aliphatic heterocycles. The number of halogens is 2. The van der Waals surface area contributed by atoms with Gasteiger partial charge in [-0.2, -0.15) is 5.10 Å². The summed E-state index contributed by atoms with van der Waals surface area (Å²) in [5.74, 6) is -1.15. The van der Waals surface area contributed by atoms with Crippen molar-refractivity contribution in [1.29, 1.82) is 0 Å². The van der Waals surface area contributed by atoms with E-state index in [0.29, 0.717) is 23.2 Å². The minimum absolute atomic E-state index is 0.155. The molecule has 0 spiro atoms. The van der Waals surface area contributed by atoms with E-state index in [0.717, 1.165) is 18.5 Å². The van der Waals surface area contributed by atoms with E-state index in [2.05, 4.69) is 25.1 Å². The van der Waals surface area contributed by atoms with Crippen molar-refractivity contribution < 1.29 is 13.9 Å². The standard InChI is InChI=1S/C18H15ClFN5O2/c1-27-17(26)13-5-2-10(6-15(13)20)16-14(19)8-21-18(24-16)23-11-7-22-25(9-11)12-3-4-12/h2,5-9,12H,3-4H2,1H3,(H,21,23,24). The number of hydrogen-bond acceptors (Lipinski definition) is 6. The predicted octanol–water partition coefficient (Wildman–Crippen LogP) is 4.00. The fourth-order valence-corrected chi connectivity index (χ4v) is 2.84. The van der Waals surface area contributed by atoms with Crippen LogP contribution in [0, 0.1) is 5.82 Å². The number of aromatic nitrogens is 4. The van der Waals surface area contributed by atoms with Gasteiger partial charge in [0.2, 0.25) is 5.95 Å². The van der Waals surface area contributed by atoms with Crippen molar-refractivity contribution in [2.75, 3.05) is 12.4 Å². The molecule has 1 saturated carbocycles. The molecule has 1 fully saturated rings. The van der Waals surface area contributed by atoms with Crippen molar-refractivity contribution in [2.45, 2.75) is 18.9 Å². The summed E-state index contributed by atoms with van der Waals surface area (Å²) < 4.78 is 20.7. The third kappa shape index (κ3) is 3.61. The molecule has 0 amide bonds. The van der Waals surface area contributed by atoms with E-state index in [1.807, 2.05) is 10.9 Å². The Bertz CT molecular complexity index is 1020. The van der Waals surface area contributed by atoms with E-state index in [-0.39, 0.29) is 10.6 Å². The first-order chi connectivity index (χ1) is 13.0. The van der Waals surface area contributed by atoms with Gasteiger partial charge in [-0.15, -0.1) is 0 Å². The van der Waals surface area contributed by atoms with Gasteiger partial charge in [0.1, 0.15) is 5.82 Å². The van der Waals surface area contributed by atoms with Crippen LogP contribution < -0.4 is 5.32 Å². The monoisotopic (exact) mass is 387 g/mol. The van der Waals surface area contributed by atoms with Gasteiger partial charge in [-0.1, -0.05) is 17.7 Å². The number of carbonyl (C=O) groups excluding carboxylic acids is 1. The third-order valence-electron chi connectivity index (χ3n) is 4.17. The van der Waals surface area contributed by atoms with Gasteiger partial charge >= 0.3 is 5.97 Å². The summed E-state index contributed by atoms with van der Waals surface area (Å²) in [6.45, 7) is 0. The summed E-state index contributed by atoms with van der Waals surface area (Å²) in [4.78, 5) is 20.0. The SMILES string of the molecule is COC(=O)c1ccc(-c2nc(Nc3cnn(C4CC4)c3)ncc2Cl)cc1F. The Morgan fingerprint density at radius 3 is 2.89 bits per heavy atom. The zero-order chi connectivity index (χ0) is 19.0. The van der Waals surface area contributed by atoms with E-state index in [4.69, 9.17) is 11.6 Å². The van der Waals surface area contributed by atoms with Gasteiger partial charge in [0.05, 0.1) is 47.5 Å². The second-order valence-electron chi connectivity index (χ2n) is 6.14. The molecule has 4 rings (SSSR count). The summed E-state index contributed by atoms with van der Waals surface area (Å²) in [6, 6.07) is 4.55. The van der Waals surface area contributed by atoms with Gasteiger partial charge in [-0.05, 0) is 25.0 Å². The highest BCUT2D eigenvalue weighted by Gasteiger charge is 2.24. The number of methoxy groups -OCH3 is 1. The lowest BCUT2D eigenvalue weighted by molar-refractivity contribution is 0.0595. The van der Waals surface area contributed by atoms with Crippen molar-refractivity contribution in [1.82, 2.24) is 19.7 Å². The Labute approximate surface area is 159 Å². The smallest absolute Gasteiger partial charge is 0.340 e.